The number of carbonyl (C=O) groups excluding carboxylic acids is 2. The first-order chi connectivity index (χ1) is 11.2. The number of rotatable bonds is 3. The van der Waals surface area contributed by atoms with E-state index in [4.69, 9.17) is 4.74 Å². The Balaban J connectivity index is 2.19. The molecular formula is C19H26BrNO3. The first kappa shape index (κ1) is 19.0. The van der Waals surface area contributed by atoms with Crippen LogP contribution >= 0.6 is 15.9 Å². The molecule has 0 N–H and O–H groups in total. The molecule has 0 bridgehead atoms. The van der Waals surface area contributed by atoms with Crippen LogP contribution in [0, 0.1) is 11.8 Å². The highest BCUT2D eigenvalue weighted by atomic mass is 79.9. The fraction of sp³-hybridized carbons (Fsp3) is 0.579. The van der Waals surface area contributed by atoms with Crippen molar-refractivity contribution in [1.29, 1.82) is 0 Å². The molecule has 24 heavy (non-hydrogen) atoms. The van der Waals surface area contributed by atoms with E-state index in [0.717, 1.165) is 35.8 Å². The van der Waals surface area contributed by atoms with Gasteiger partial charge in [0.05, 0.1) is 17.5 Å². The van der Waals surface area contributed by atoms with Gasteiger partial charge in [-0.2, -0.15) is 0 Å². The number of amides is 1. The Bertz CT molecular complexity index is 609. The number of esters is 1. The number of hydrogen-bond acceptors (Lipinski definition) is 3. The van der Waals surface area contributed by atoms with Crippen molar-refractivity contribution >= 4 is 33.5 Å². The van der Waals surface area contributed by atoms with Gasteiger partial charge in [-0.15, -0.1) is 0 Å². The maximum absolute atomic E-state index is 13.0. The van der Waals surface area contributed by atoms with Gasteiger partial charge in [-0.3, -0.25) is 9.59 Å². The quantitative estimate of drug-likeness (QED) is 0.704. The monoisotopic (exact) mass is 395 g/mol. The lowest BCUT2D eigenvalue weighted by Gasteiger charge is -2.34. The minimum atomic E-state index is -0.531. The number of benzene rings is 1. The molecule has 4 nitrogen and oxygen atoms in total. The van der Waals surface area contributed by atoms with Gasteiger partial charge in [-0.25, -0.2) is 0 Å². The molecular weight excluding hydrogens is 370 g/mol. The van der Waals surface area contributed by atoms with Crippen LogP contribution in [0.3, 0.4) is 0 Å². The molecule has 1 fully saturated rings. The summed E-state index contributed by atoms with van der Waals surface area (Å²) in [4.78, 5) is 27.2. The van der Waals surface area contributed by atoms with Gasteiger partial charge in [0.2, 0.25) is 5.91 Å². The minimum Gasteiger partial charge on any atom is -0.460 e. The molecule has 0 spiro atoms. The van der Waals surface area contributed by atoms with E-state index in [-0.39, 0.29) is 23.7 Å². The normalized spacial score (nSPS) is 21.2. The third kappa shape index (κ3) is 4.59. The molecule has 0 aromatic heterocycles. The molecule has 0 saturated heterocycles. The molecule has 0 aliphatic heterocycles. The molecule has 132 valence electrons. The highest BCUT2D eigenvalue weighted by molar-refractivity contribution is 9.10. The number of anilines is 1. The van der Waals surface area contributed by atoms with Crippen LogP contribution in [-0.2, 0) is 14.3 Å². The van der Waals surface area contributed by atoms with Gasteiger partial charge in [-0.1, -0.05) is 25.0 Å². The van der Waals surface area contributed by atoms with Crippen LogP contribution in [0.1, 0.15) is 46.5 Å². The SMILES string of the molecule is CN(C(=O)[C@H]1CCCC[C@@H]1C(=O)OC(C)(C)C)c1ccccc1Br. The van der Waals surface area contributed by atoms with Gasteiger partial charge in [0, 0.05) is 11.5 Å². The number of carbonyl (C=O) groups is 2. The van der Waals surface area contributed by atoms with Crippen LogP contribution < -0.4 is 4.90 Å². The third-order valence-corrected chi connectivity index (χ3v) is 5.01. The molecule has 1 aliphatic rings. The topological polar surface area (TPSA) is 46.6 Å². The summed E-state index contributed by atoms with van der Waals surface area (Å²) in [6.45, 7) is 5.58. The van der Waals surface area contributed by atoms with Crippen molar-refractivity contribution in [2.45, 2.75) is 52.1 Å². The highest BCUT2D eigenvalue weighted by Crippen LogP contribution is 2.35. The van der Waals surface area contributed by atoms with Gasteiger partial charge in [0.15, 0.2) is 0 Å². The lowest BCUT2D eigenvalue weighted by atomic mass is 9.78. The van der Waals surface area contributed by atoms with E-state index in [0.29, 0.717) is 0 Å². The summed E-state index contributed by atoms with van der Waals surface area (Å²) in [6, 6.07) is 7.62. The third-order valence-electron chi connectivity index (χ3n) is 4.34. The fourth-order valence-electron chi connectivity index (χ4n) is 3.18. The summed E-state index contributed by atoms with van der Waals surface area (Å²) in [5, 5.41) is 0. The zero-order chi connectivity index (χ0) is 17.9. The zero-order valence-corrected chi connectivity index (χ0v) is 16.4. The number of ether oxygens (including phenoxy) is 1. The summed E-state index contributed by atoms with van der Waals surface area (Å²) in [7, 11) is 1.77. The van der Waals surface area contributed by atoms with E-state index < -0.39 is 5.60 Å². The van der Waals surface area contributed by atoms with E-state index in [2.05, 4.69) is 15.9 Å². The molecule has 0 unspecified atom stereocenters. The standard InChI is InChI=1S/C19H26BrNO3/c1-19(2,3)24-18(23)14-10-6-5-9-13(14)17(22)21(4)16-12-8-7-11-15(16)20/h7-8,11-14H,5-6,9-10H2,1-4H3/t13-,14-/m0/s1. The fourth-order valence-corrected chi connectivity index (χ4v) is 3.73. The molecule has 2 rings (SSSR count). The average Bonchev–Trinajstić information content (AvgIpc) is 2.52. The summed E-state index contributed by atoms with van der Waals surface area (Å²) in [6.07, 6.45) is 3.39. The van der Waals surface area contributed by atoms with Crippen LogP contribution in [0.25, 0.3) is 0 Å². The second-order valence-electron chi connectivity index (χ2n) is 7.38. The summed E-state index contributed by atoms with van der Waals surface area (Å²) in [5.74, 6) is -0.931. The first-order valence-electron chi connectivity index (χ1n) is 8.45. The Morgan fingerprint density at radius 1 is 1.12 bits per heavy atom. The van der Waals surface area contributed by atoms with Crippen molar-refractivity contribution in [3.8, 4) is 0 Å². The smallest absolute Gasteiger partial charge is 0.310 e. The van der Waals surface area contributed by atoms with Gasteiger partial charge < -0.3 is 9.64 Å². The predicted molar refractivity (Wildman–Crippen MR) is 98.8 cm³/mol. The Kier molecular flexibility index (Phi) is 6.07. The van der Waals surface area contributed by atoms with Gasteiger partial charge in [0.1, 0.15) is 5.60 Å². The number of hydrogen-bond donors (Lipinski definition) is 0. The molecule has 1 amide bonds. The van der Waals surface area contributed by atoms with Gasteiger partial charge in [-0.05, 0) is 61.7 Å². The molecule has 2 atom stereocenters. The van der Waals surface area contributed by atoms with Gasteiger partial charge >= 0.3 is 5.97 Å². The Morgan fingerprint density at radius 2 is 1.71 bits per heavy atom. The number of nitrogens with zero attached hydrogens (tertiary/aromatic N) is 1. The minimum absolute atomic E-state index is 0.0162. The van der Waals surface area contributed by atoms with Crippen LogP contribution in [-0.4, -0.2) is 24.5 Å². The number of halogens is 1. The van der Waals surface area contributed by atoms with Crippen LogP contribution in [0.15, 0.2) is 28.7 Å². The summed E-state index contributed by atoms with van der Waals surface area (Å²) < 4.78 is 6.41. The lowest BCUT2D eigenvalue weighted by Crippen LogP contribution is -2.42. The highest BCUT2D eigenvalue weighted by Gasteiger charge is 2.39. The van der Waals surface area contributed by atoms with E-state index >= 15 is 0 Å². The van der Waals surface area contributed by atoms with E-state index in [1.54, 1.807) is 11.9 Å². The van der Waals surface area contributed by atoms with Crippen LogP contribution in [0.5, 0.6) is 0 Å². The van der Waals surface area contributed by atoms with Crippen LogP contribution in [0.4, 0.5) is 5.69 Å². The van der Waals surface area contributed by atoms with Crippen molar-refractivity contribution in [2.24, 2.45) is 11.8 Å². The first-order valence-corrected chi connectivity index (χ1v) is 9.25. The van der Waals surface area contributed by atoms with Crippen molar-refractivity contribution in [1.82, 2.24) is 0 Å². The van der Waals surface area contributed by atoms with Crippen molar-refractivity contribution in [3.63, 3.8) is 0 Å². The average molecular weight is 396 g/mol. The zero-order valence-electron chi connectivity index (χ0n) is 14.8. The van der Waals surface area contributed by atoms with E-state index in [9.17, 15) is 9.59 Å². The Hall–Kier alpha value is -1.36. The maximum atomic E-state index is 13.0. The lowest BCUT2D eigenvalue weighted by molar-refractivity contribution is -0.165. The van der Waals surface area contributed by atoms with E-state index in [1.165, 1.54) is 0 Å². The van der Waals surface area contributed by atoms with Crippen molar-refractivity contribution < 1.29 is 14.3 Å². The molecule has 0 heterocycles. The molecule has 1 aliphatic carbocycles. The predicted octanol–water partition coefficient (Wildman–Crippen LogP) is 4.56. The Morgan fingerprint density at radius 3 is 2.29 bits per heavy atom. The number of para-hydroxylation sites is 1. The molecule has 1 aromatic carbocycles. The molecule has 1 saturated carbocycles. The summed E-state index contributed by atoms with van der Waals surface area (Å²) in [5.41, 5.74) is 0.284. The Labute approximate surface area is 152 Å². The summed E-state index contributed by atoms with van der Waals surface area (Å²) >= 11 is 3.49. The second-order valence-corrected chi connectivity index (χ2v) is 8.23. The van der Waals surface area contributed by atoms with Crippen LogP contribution in [0.2, 0.25) is 0 Å². The van der Waals surface area contributed by atoms with Crippen molar-refractivity contribution in [2.75, 3.05) is 11.9 Å². The van der Waals surface area contributed by atoms with Gasteiger partial charge in [0.25, 0.3) is 0 Å². The van der Waals surface area contributed by atoms with Crippen molar-refractivity contribution in [3.05, 3.63) is 28.7 Å². The largest absolute Gasteiger partial charge is 0.460 e. The second kappa shape index (κ2) is 7.68. The molecule has 1 aromatic rings. The molecule has 5 heteroatoms. The van der Waals surface area contributed by atoms with E-state index in [1.807, 2.05) is 45.0 Å². The molecule has 0 radical (unpaired) electrons. The maximum Gasteiger partial charge on any atom is 0.310 e.